The van der Waals surface area contributed by atoms with Crippen LogP contribution in [-0.4, -0.2) is 26.3 Å². The van der Waals surface area contributed by atoms with Crippen LogP contribution in [0.3, 0.4) is 0 Å². The van der Waals surface area contributed by atoms with Crippen LogP contribution >= 0.6 is 0 Å². The lowest BCUT2D eigenvalue weighted by molar-refractivity contribution is 0.399. The van der Waals surface area contributed by atoms with Crippen LogP contribution < -0.4 is 10.5 Å². The Labute approximate surface area is 98.0 Å². The van der Waals surface area contributed by atoms with Gasteiger partial charge >= 0.3 is 0 Å². The molecular formula is C11H22N2O2S. The van der Waals surface area contributed by atoms with Gasteiger partial charge in [-0.3, -0.25) is 0 Å². The summed E-state index contributed by atoms with van der Waals surface area (Å²) in [6.45, 7) is 0.426. The minimum atomic E-state index is -3.12. The number of hydrogen-bond donors (Lipinski definition) is 2. The summed E-state index contributed by atoms with van der Waals surface area (Å²) >= 11 is 0. The molecule has 4 nitrogen and oxygen atoms in total. The number of nitrogens with one attached hydrogen (secondary N) is 1. The third-order valence-electron chi connectivity index (χ3n) is 3.82. The predicted octanol–water partition coefficient (Wildman–Crippen LogP) is 0.977. The first-order chi connectivity index (χ1) is 7.55. The Hall–Kier alpha value is -0.130. The van der Waals surface area contributed by atoms with Gasteiger partial charge in [-0.15, -0.1) is 0 Å². The van der Waals surface area contributed by atoms with Crippen molar-refractivity contribution in [2.75, 3.05) is 12.3 Å². The van der Waals surface area contributed by atoms with Gasteiger partial charge in [0.15, 0.2) is 0 Å². The zero-order valence-corrected chi connectivity index (χ0v) is 10.6. The van der Waals surface area contributed by atoms with E-state index < -0.39 is 10.0 Å². The average molecular weight is 246 g/mol. The Balaban J connectivity index is 1.89. The fourth-order valence-corrected chi connectivity index (χ4v) is 4.20. The molecule has 2 aliphatic carbocycles. The third-order valence-corrected chi connectivity index (χ3v) is 5.33. The predicted molar refractivity (Wildman–Crippen MR) is 64.5 cm³/mol. The average Bonchev–Trinajstić information content (AvgIpc) is 2.96. The summed E-state index contributed by atoms with van der Waals surface area (Å²) in [4.78, 5) is 0. The molecule has 2 fully saturated rings. The number of rotatable bonds is 6. The van der Waals surface area contributed by atoms with Crippen LogP contribution in [-0.2, 0) is 10.0 Å². The first-order valence-electron chi connectivity index (χ1n) is 6.27. The molecule has 0 aromatic carbocycles. The summed E-state index contributed by atoms with van der Waals surface area (Å²) in [5, 5.41) is 0. The molecule has 16 heavy (non-hydrogen) atoms. The Morgan fingerprint density at radius 3 is 2.38 bits per heavy atom. The molecule has 0 aromatic rings. The van der Waals surface area contributed by atoms with Crippen molar-refractivity contribution in [3.8, 4) is 0 Å². The zero-order valence-electron chi connectivity index (χ0n) is 9.74. The van der Waals surface area contributed by atoms with Crippen molar-refractivity contribution in [2.45, 2.75) is 50.5 Å². The molecule has 0 amide bonds. The van der Waals surface area contributed by atoms with Gasteiger partial charge in [0.1, 0.15) is 0 Å². The van der Waals surface area contributed by atoms with Crippen LogP contribution in [0.15, 0.2) is 0 Å². The fraction of sp³-hybridized carbons (Fsp3) is 1.00. The monoisotopic (exact) mass is 246 g/mol. The Kier molecular flexibility index (Phi) is 3.56. The summed E-state index contributed by atoms with van der Waals surface area (Å²) in [5.74, 6) is 0.938. The second-order valence-electron chi connectivity index (χ2n) is 5.34. The molecular weight excluding hydrogens is 224 g/mol. The lowest BCUT2D eigenvalue weighted by Crippen LogP contribution is -2.52. The van der Waals surface area contributed by atoms with E-state index in [4.69, 9.17) is 5.73 Å². The maximum atomic E-state index is 11.9. The van der Waals surface area contributed by atoms with Crippen LogP contribution in [0.5, 0.6) is 0 Å². The molecule has 0 aromatic heterocycles. The summed E-state index contributed by atoms with van der Waals surface area (Å²) in [7, 11) is -3.12. The zero-order chi connectivity index (χ0) is 11.6. The van der Waals surface area contributed by atoms with Gasteiger partial charge in [-0.1, -0.05) is 25.7 Å². The number of nitrogens with two attached hydrogens (primary N) is 1. The molecule has 0 heterocycles. The summed E-state index contributed by atoms with van der Waals surface area (Å²) in [6.07, 6.45) is 7.19. The van der Waals surface area contributed by atoms with Crippen molar-refractivity contribution >= 4 is 10.0 Å². The maximum Gasteiger partial charge on any atom is 0.212 e. The molecule has 3 N–H and O–H groups in total. The van der Waals surface area contributed by atoms with Gasteiger partial charge in [0.2, 0.25) is 10.0 Å². The maximum absolute atomic E-state index is 11.9. The molecule has 0 saturated heterocycles. The van der Waals surface area contributed by atoms with Crippen molar-refractivity contribution in [1.29, 1.82) is 0 Å². The van der Waals surface area contributed by atoms with E-state index in [1.807, 2.05) is 0 Å². The van der Waals surface area contributed by atoms with E-state index in [2.05, 4.69) is 4.72 Å². The standard InChI is InChI=1S/C11H22N2O2S/c12-9-11(6-1-2-7-11)13-16(14,15)8-5-10-3-4-10/h10,13H,1-9,12H2. The number of hydrogen-bond acceptors (Lipinski definition) is 3. The second-order valence-corrected chi connectivity index (χ2v) is 7.19. The first-order valence-corrected chi connectivity index (χ1v) is 7.92. The van der Waals surface area contributed by atoms with Crippen LogP contribution in [0.2, 0.25) is 0 Å². The highest BCUT2D eigenvalue weighted by Crippen LogP contribution is 2.33. The lowest BCUT2D eigenvalue weighted by atomic mass is 10.0. The fourth-order valence-electron chi connectivity index (χ4n) is 2.51. The van der Waals surface area contributed by atoms with Crippen molar-refractivity contribution in [3.05, 3.63) is 0 Å². The summed E-state index contributed by atoms with van der Waals surface area (Å²) < 4.78 is 26.7. The molecule has 2 rings (SSSR count). The molecule has 2 aliphatic rings. The van der Waals surface area contributed by atoms with E-state index >= 15 is 0 Å². The molecule has 94 valence electrons. The Morgan fingerprint density at radius 2 is 1.88 bits per heavy atom. The highest BCUT2D eigenvalue weighted by Gasteiger charge is 2.36. The minimum Gasteiger partial charge on any atom is -0.329 e. The quantitative estimate of drug-likeness (QED) is 0.733. The van der Waals surface area contributed by atoms with Crippen LogP contribution in [0, 0.1) is 5.92 Å². The van der Waals surface area contributed by atoms with Crippen LogP contribution in [0.25, 0.3) is 0 Å². The molecule has 5 heteroatoms. The molecule has 0 bridgehead atoms. The Morgan fingerprint density at radius 1 is 1.25 bits per heavy atom. The van der Waals surface area contributed by atoms with Gasteiger partial charge in [0.05, 0.1) is 5.75 Å². The molecule has 2 saturated carbocycles. The SMILES string of the molecule is NCC1(NS(=O)(=O)CCC2CC2)CCCC1. The second kappa shape index (κ2) is 4.63. The lowest BCUT2D eigenvalue weighted by Gasteiger charge is -2.28. The molecule has 0 atom stereocenters. The first kappa shape index (κ1) is 12.3. The Bertz CT molecular complexity index is 330. The van der Waals surface area contributed by atoms with Crippen LogP contribution in [0.4, 0.5) is 0 Å². The molecule has 0 unspecified atom stereocenters. The molecule has 0 radical (unpaired) electrons. The highest BCUT2D eigenvalue weighted by molar-refractivity contribution is 7.89. The van der Waals surface area contributed by atoms with Gasteiger partial charge in [-0.25, -0.2) is 13.1 Å². The van der Waals surface area contributed by atoms with E-state index in [-0.39, 0.29) is 11.3 Å². The summed E-state index contributed by atoms with van der Waals surface area (Å²) in [6, 6.07) is 0. The van der Waals surface area contributed by atoms with E-state index in [1.165, 1.54) is 12.8 Å². The smallest absolute Gasteiger partial charge is 0.212 e. The van der Waals surface area contributed by atoms with Gasteiger partial charge in [0, 0.05) is 12.1 Å². The molecule has 0 aliphatic heterocycles. The van der Waals surface area contributed by atoms with E-state index in [0.717, 1.165) is 32.1 Å². The van der Waals surface area contributed by atoms with Crippen molar-refractivity contribution in [3.63, 3.8) is 0 Å². The normalized spacial score (nSPS) is 24.8. The third kappa shape index (κ3) is 3.18. The van der Waals surface area contributed by atoms with E-state index in [9.17, 15) is 8.42 Å². The topological polar surface area (TPSA) is 72.2 Å². The van der Waals surface area contributed by atoms with Gasteiger partial charge in [0.25, 0.3) is 0 Å². The van der Waals surface area contributed by atoms with E-state index in [0.29, 0.717) is 12.5 Å². The van der Waals surface area contributed by atoms with Gasteiger partial charge < -0.3 is 5.73 Å². The number of sulfonamides is 1. The highest BCUT2D eigenvalue weighted by atomic mass is 32.2. The largest absolute Gasteiger partial charge is 0.329 e. The minimum absolute atomic E-state index is 0.277. The summed E-state index contributed by atoms with van der Waals surface area (Å²) in [5.41, 5.74) is 5.39. The van der Waals surface area contributed by atoms with Crippen LogP contribution in [0.1, 0.15) is 44.9 Å². The van der Waals surface area contributed by atoms with Crippen molar-refractivity contribution < 1.29 is 8.42 Å². The molecule has 0 spiro atoms. The van der Waals surface area contributed by atoms with Crippen molar-refractivity contribution in [1.82, 2.24) is 4.72 Å². The van der Waals surface area contributed by atoms with Gasteiger partial charge in [-0.2, -0.15) is 0 Å². The van der Waals surface area contributed by atoms with Crippen molar-refractivity contribution in [2.24, 2.45) is 11.7 Å². The van der Waals surface area contributed by atoms with Gasteiger partial charge in [-0.05, 0) is 25.2 Å². The van der Waals surface area contributed by atoms with E-state index in [1.54, 1.807) is 0 Å².